The van der Waals surface area contributed by atoms with Crippen LogP contribution in [-0.2, 0) is 6.54 Å². The lowest BCUT2D eigenvalue weighted by Gasteiger charge is -2.16. The van der Waals surface area contributed by atoms with Gasteiger partial charge >= 0.3 is 0 Å². The zero-order valence-electron chi connectivity index (χ0n) is 10.9. The summed E-state index contributed by atoms with van der Waals surface area (Å²) in [5.74, 6) is -0.409. The molecule has 0 unspecified atom stereocenters. The number of carbonyl (C=O) groups excluding carboxylic acids is 1. The Morgan fingerprint density at radius 3 is 2.86 bits per heavy atom. The first-order chi connectivity index (χ1) is 9.88. The van der Waals surface area contributed by atoms with Gasteiger partial charge < -0.3 is 10.6 Å². The van der Waals surface area contributed by atoms with Crippen molar-refractivity contribution in [1.29, 1.82) is 0 Å². The first kappa shape index (κ1) is 15.4. The van der Waals surface area contributed by atoms with Gasteiger partial charge in [0.2, 0.25) is 0 Å². The van der Waals surface area contributed by atoms with E-state index in [1.165, 1.54) is 22.3 Å². The van der Waals surface area contributed by atoms with E-state index < -0.39 is 10.8 Å². The highest BCUT2D eigenvalue weighted by atomic mass is 79.9. The standard InChI is InChI=1S/C12H11BrN4O3S/c1-16(5-7-2-10(13)21-6-7)12(18)8-3-11(14)15-4-9(8)17(19)20/h2-4,6H,5H2,1H3,(H2,14,15). The number of hydrogen-bond donors (Lipinski definition) is 1. The Hall–Kier alpha value is -2.00. The zero-order chi connectivity index (χ0) is 15.6. The van der Waals surface area contributed by atoms with Crippen LogP contribution < -0.4 is 5.73 Å². The van der Waals surface area contributed by atoms with Crippen LogP contribution in [0.25, 0.3) is 0 Å². The van der Waals surface area contributed by atoms with Crippen molar-refractivity contribution in [2.45, 2.75) is 6.54 Å². The number of halogens is 1. The second-order valence-corrected chi connectivity index (χ2v) is 6.59. The highest BCUT2D eigenvalue weighted by Crippen LogP contribution is 2.24. The molecule has 0 aromatic carbocycles. The second-order valence-electron chi connectivity index (χ2n) is 4.30. The third kappa shape index (κ3) is 3.56. The number of hydrogen-bond acceptors (Lipinski definition) is 6. The number of thiophene rings is 1. The van der Waals surface area contributed by atoms with E-state index in [2.05, 4.69) is 20.9 Å². The minimum Gasteiger partial charge on any atom is -0.384 e. The summed E-state index contributed by atoms with van der Waals surface area (Å²) in [4.78, 5) is 27.7. The highest BCUT2D eigenvalue weighted by molar-refractivity contribution is 9.11. The Kier molecular flexibility index (Phi) is 4.53. The quantitative estimate of drug-likeness (QED) is 0.658. The monoisotopic (exact) mass is 370 g/mol. The van der Waals surface area contributed by atoms with Crippen LogP contribution in [0.3, 0.4) is 0 Å². The molecule has 2 rings (SSSR count). The van der Waals surface area contributed by atoms with E-state index in [4.69, 9.17) is 5.73 Å². The normalized spacial score (nSPS) is 10.4. The van der Waals surface area contributed by atoms with Gasteiger partial charge in [0.25, 0.3) is 11.6 Å². The maximum absolute atomic E-state index is 12.4. The van der Waals surface area contributed by atoms with E-state index in [-0.39, 0.29) is 17.1 Å². The first-order valence-corrected chi connectivity index (χ1v) is 7.44. The molecular weight excluding hydrogens is 360 g/mol. The fraction of sp³-hybridized carbons (Fsp3) is 0.167. The molecule has 0 saturated carbocycles. The molecule has 0 bridgehead atoms. The van der Waals surface area contributed by atoms with Crippen LogP contribution in [0, 0.1) is 10.1 Å². The fourth-order valence-corrected chi connectivity index (χ4v) is 2.96. The number of anilines is 1. The molecule has 0 atom stereocenters. The number of nitrogens with two attached hydrogens (primary N) is 1. The maximum Gasteiger partial charge on any atom is 0.300 e. The molecule has 0 aliphatic heterocycles. The Morgan fingerprint density at radius 2 is 2.29 bits per heavy atom. The van der Waals surface area contributed by atoms with Gasteiger partial charge in [-0.3, -0.25) is 14.9 Å². The maximum atomic E-state index is 12.4. The van der Waals surface area contributed by atoms with Gasteiger partial charge in [-0.2, -0.15) is 0 Å². The molecule has 2 heterocycles. The summed E-state index contributed by atoms with van der Waals surface area (Å²) in [6.07, 6.45) is 0.998. The third-order valence-corrected chi connectivity index (χ3v) is 4.27. The van der Waals surface area contributed by atoms with E-state index in [9.17, 15) is 14.9 Å². The van der Waals surface area contributed by atoms with Crippen molar-refractivity contribution in [3.63, 3.8) is 0 Å². The summed E-state index contributed by atoms with van der Waals surface area (Å²) < 4.78 is 0.956. The lowest BCUT2D eigenvalue weighted by molar-refractivity contribution is -0.385. The van der Waals surface area contributed by atoms with Gasteiger partial charge in [-0.1, -0.05) is 0 Å². The average Bonchev–Trinajstić information content (AvgIpc) is 2.82. The topological polar surface area (TPSA) is 102 Å². The Balaban J connectivity index is 2.26. The van der Waals surface area contributed by atoms with E-state index in [1.54, 1.807) is 7.05 Å². The molecule has 0 spiro atoms. The lowest BCUT2D eigenvalue weighted by Crippen LogP contribution is -2.27. The van der Waals surface area contributed by atoms with Gasteiger partial charge in [0.15, 0.2) is 0 Å². The Labute approximate surface area is 132 Å². The molecule has 0 radical (unpaired) electrons. The molecule has 0 aliphatic rings. The Morgan fingerprint density at radius 1 is 1.57 bits per heavy atom. The molecule has 2 N–H and O–H groups in total. The van der Waals surface area contributed by atoms with Gasteiger partial charge in [0.1, 0.15) is 17.6 Å². The van der Waals surface area contributed by atoms with Crippen LogP contribution >= 0.6 is 27.3 Å². The summed E-state index contributed by atoms with van der Waals surface area (Å²) >= 11 is 4.85. The summed E-state index contributed by atoms with van der Waals surface area (Å²) in [5, 5.41) is 12.9. The number of nitrogen functional groups attached to an aromatic ring is 1. The summed E-state index contributed by atoms with van der Waals surface area (Å²) in [6.45, 7) is 0.348. The third-order valence-electron chi connectivity index (χ3n) is 2.72. The van der Waals surface area contributed by atoms with Gasteiger partial charge in [-0.25, -0.2) is 4.98 Å². The van der Waals surface area contributed by atoms with Crippen LogP contribution in [-0.4, -0.2) is 27.8 Å². The van der Waals surface area contributed by atoms with Gasteiger partial charge in [0.05, 0.1) is 8.71 Å². The predicted octanol–water partition coefficient (Wildman–Crippen LogP) is 2.67. The molecule has 2 aromatic rings. The molecule has 0 aliphatic carbocycles. The number of rotatable bonds is 4. The largest absolute Gasteiger partial charge is 0.384 e. The van der Waals surface area contributed by atoms with E-state index in [1.807, 2.05) is 11.4 Å². The number of nitro groups is 1. The molecule has 0 saturated heterocycles. The zero-order valence-corrected chi connectivity index (χ0v) is 13.3. The lowest BCUT2D eigenvalue weighted by atomic mass is 10.2. The van der Waals surface area contributed by atoms with Crippen LogP contribution in [0.15, 0.2) is 27.5 Å². The van der Waals surface area contributed by atoms with Crippen molar-refractivity contribution in [2.24, 2.45) is 0 Å². The van der Waals surface area contributed by atoms with E-state index >= 15 is 0 Å². The van der Waals surface area contributed by atoms with Crippen molar-refractivity contribution in [3.05, 3.63) is 48.7 Å². The number of pyridine rings is 1. The predicted molar refractivity (Wildman–Crippen MR) is 83.1 cm³/mol. The molecule has 7 nitrogen and oxygen atoms in total. The SMILES string of the molecule is CN(Cc1csc(Br)c1)C(=O)c1cc(N)ncc1[N+](=O)[O-]. The molecule has 1 amide bonds. The summed E-state index contributed by atoms with van der Waals surface area (Å²) in [5.41, 5.74) is 6.03. The van der Waals surface area contributed by atoms with Crippen molar-refractivity contribution >= 4 is 44.7 Å². The van der Waals surface area contributed by atoms with E-state index in [0.717, 1.165) is 15.5 Å². The smallest absolute Gasteiger partial charge is 0.300 e. The van der Waals surface area contributed by atoms with Crippen molar-refractivity contribution in [3.8, 4) is 0 Å². The van der Waals surface area contributed by atoms with Crippen LogP contribution in [0.5, 0.6) is 0 Å². The van der Waals surface area contributed by atoms with Crippen LogP contribution in [0.2, 0.25) is 0 Å². The second kappa shape index (κ2) is 6.19. The number of amides is 1. The Bertz CT molecular complexity index is 704. The molecular formula is C12H11BrN4O3S. The average molecular weight is 371 g/mol. The van der Waals surface area contributed by atoms with Gasteiger partial charge in [-0.15, -0.1) is 11.3 Å². The number of aromatic nitrogens is 1. The van der Waals surface area contributed by atoms with E-state index in [0.29, 0.717) is 6.54 Å². The number of carbonyl (C=O) groups is 1. The minimum absolute atomic E-state index is 0.0654. The van der Waals surface area contributed by atoms with Crippen molar-refractivity contribution in [1.82, 2.24) is 9.88 Å². The van der Waals surface area contributed by atoms with Crippen molar-refractivity contribution < 1.29 is 9.72 Å². The minimum atomic E-state index is -0.644. The van der Waals surface area contributed by atoms with Crippen LogP contribution in [0.1, 0.15) is 15.9 Å². The van der Waals surface area contributed by atoms with Crippen molar-refractivity contribution in [2.75, 3.05) is 12.8 Å². The molecule has 0 fully saturated rings. The van der Waals surface area contributed by atoms with Crippen LogP contribution in [0.4, 0.5) is 11.5 Å². The van der Waals surface area contributed by atoms with Gasteiger partial charge in [0, 0.05) is 13.6 Å². The fourth-order valence-electron chi connectivity index (χ4n) is 1.76. The summed E-state index contributed by atoms with van der Waals surface area (Å²) in [7, 11) is 1.58. The molecule has 9 heteroatoms. The first-order valence-electron chi connectivity index (χ1n) is 5.76. The highest BCUT2D eigenvalue weighted by Gasteiger charge is 2.24. The molecule has 21 heavy (non-hydrogen) atoms. The van der Waals surface area contributed by atoms with Gasteiger partial charge in [-0.05, 0) is 39.0 Å². The molecule has 2 aromatic heterocycles. The molecule has 110 valence electrons. The summed E-state index contributed by atoms with van der Waals surface area (Å²) in [6, 6.07) is 3.12. The number of nitrogens with zero attached hydrogens (tertiary/aromatic N) is 3.